The summed E-state index contributed by atoms with van der Waals surface area (Å²) in [6.45, 7) is 0. The van der Waals surface area contributed by atoms with Crippen LogP contribution in [-0.2, 0) is 0 Å². The molecule has 2 heterocycles. The minimum Gasteiger partial charge on any atom is -0.499 e. The van der Waals surface area contributed by atoms with Crippen LogP contribution in [0.3, 0.4) is 0 Å². The largest absolute Gasteiger partial charge is 0.499 e. The van der Waals surface area contributed by atoms with Gasteiger partial charge in [0.25, 0.3) is 0 Å². The average molecular weight is 184 g/mol. The molecule has 56 valence electrons. The molecular formula is C7H4O2S2. The number of thiophene rings is 2. The normalized spacial score (nSPS) is 10.5. The summed E-state index contributed by atoms with van der Waals surface area (Å²) in [6, 6.07) is 3.47. The van der Waals surface area contributed by atoms with Crippen molar-refractivity contribution in [1.29, 1.82) is 0 Å². The molecule has 0 fully saturated rings. The molecule has 0 bridgehead atoms. The van der Waals surface area contributed by atoms with Crippen molar-refractivity contribution in [3.63, 3.8) is 0 Å². The third kappa shape index (κ3) is 1.04. The molecule has 0 aliphatic carbocycles. The Balaban J connectivity index is 2.72. The van der Waals surface area contributed by atoms with E-state index in [1.54, 1.807) is 12.1 Å². The van der Waals surface area contributed by atoms with Gasteiger partial charge in [0, 0.05) is 15.5 Å². The first-order valence-corrected chi connectivity index (χ1v) is 4.60. The zero-order valence-corrected chi connectivity index (χ0v) is 7.04. The number of rotatable bonds is 1. The van der Waals surface area contributed by atoms with Gasteiger partial charge in [0.05, 0.1) is 4.88 Å². The number of carbonyl (C=O) groups excluding carboxylic acids is 1. The maximum absolute atomic E-state index is 10.3. The van der Waals surface area contributed by atoms with Crippen LogP contribution >= 0.6 is 22.7 Å². The summed E-state index contributed by atoms with van der Waals surface area (Å²) in [5.74, 6) is 0. The molecule has 0 aliphatic rings. The van der Waals surface area contributed by atoms with Gasteiger partial charge in [-0.3, -0.25) is 4.79 Å². The molecule has 2 aromatic rings. The first-order valence-electron chi connectivity index (χ1n) is 2.97. The molecule has 0 saturated heterocycles. The highest BCUT2D eigenvalue weighted by Gasteiger charge is 2.04. The molecule has 0 unspecified atom stereocenters. The molecule has 0 radical (unpaired) electrons. The Morgan fingerprint density at radius 2 is 2.00 bits per heavy atom. The number of hydrogen-bond acceptors (Lipinski definition) is 4. The Bertz CT molecular complexity index is 368. The maximum atomic E-state index is 10.3. The molecule has 0 aliphatic heterocycles. The van der Waals surface area contributed by atoms with Crippen LogP contribution in [0.1, 0.15) is 9.67 Å². The van der Waals surface area contributed by atoms with E-state index in [2.05, 4.69) is 0 Å². The van der Waals surface area contributed by atoms with Gasteiger partial charge in [0.15, 0.2) is 11.3 Å². The van der Waals surface area contributed by atoms with Gasteiger partial charge in [-0.15, -0.1) is 11.3 Å². The molecule has 0 amide bonds. The quantitative estimate of drug-likeness (QED) is 0.691. The molecule has 2 rings (SSSR count). The van der Waals surface area contributed by atoms with E-state index in [9.17, 15) is 4.79 Å². The summed E-state index contributed by atoms with van der Waals surface area (Å²) >= 11 is 2.70. The van der Waals surface area contributed by atoms with Crippen molar-refractivity contribution in [2.24, 2.45) is 0 Å². The number of aldehydes is 1. The van der Waals surface area contributed by atoms with Gasteiger partial charge in [-0.05, 0) is 6.07 Å². The fraction of sp³-hybridized carbons (Fsp3) is 0. The Kier molecular flexibility index (Phi) is 1.44. The van der Waals surface area contributed by atoms with E-state index < -0.39 is 0 Å². The molecule has 0 atom stereocenters. The summed E-state index contributed by atoms with van der Waals surface area (Å²) in [5, 5.41) is 9.35. The van der Waals surface area contributed by atoms with Crippen LogP contribution in [0.15, 0.2) is 12.1 Å². The van der Waals surface area contributed by atoms with Crippen molar-refractivity contribution < 1.29 is 9.90 Å². The Hall–Kier alpha value is -0.870. The van der Waals surface area contributed by atoms with Crippen LogP contribution in [0.2, 0.25) is 0 Å². The first kappa shape index (κ1) is 6.82. The molecule has 2 nitrogen and oxygen atoms in total. The number of aromatic hydroxyl groups is 1. The zero-order chi connectivity index (χ0) is 7.84. The van der Waals surface area contributed by atoms with E-state index in [4.69, 9.17) is 5.11 Å². The molecule has 4 heteroatoms. The number of carbonyl (C=O) groups is 1. The van der Waals surface area contributed by atoms with E-state index in [-0.39, 0.29) is 0 Å². The maximum Gasteiger partial charge on any atom is 0.173 e. The molecule has 0 spiro atoms. The van der Waals surface area contributed by atoms with Crippen molar-refractivity contribution >= 4 is 38.4 Å². The third-order valence-electron chi connectivity index (χ3n) is 1.33. The van der Waals surface area contributed by atoms with Crippen LogP contribution in [0.4, 0.5) is 0 Å². The van der Waals surface area contributed by atoms with Crippen LogP contribution in [-0.4, -0.2) is 11.4 Å². The Labute approximate surface area is 70.7 Å². The SMILES string of the molecule is O=Cc1cc2sc(O)cc2s1. The predicted octanol–water partition coefficient (Wildman–Crippen LogP) is 2.48. The van der Waals surface area contributed by atoms with Crippen LogP contribution in [0.25, 0.3) is 9.40 Å². The fourth-order valence-electron chi connectivity index (χ4n) is 0.900. The van der Waals surface area contributed by atoms with Gasteiger partial charge in [-0.1, -0.05) is 11.3 Å². The zero-order valence-electron chi connectivity index (χ0n) is 5.40. The van der Waals surface area contributed by atoms with Gasteiger partial charge in [-0.25, -0.2) is 0 Å². The van der Waals surface area contributed by atoms with Crippen molar-refractivity contribution in [2.45, 2.75) is 0 Å². The van der Waals surface area contributed by atoms with Crippen molar-refractivity contribution in [3.8, 4) is 5.06 Å². The molecule has 0 aromatic carbocycles. The van der Waals surface area contributed by atoms with E-state index in [1.165, 1.54) is 22.7 Å². The predicted molar refractivity (Wildman–Crippen MR) is 46.8 cm³/mol. The lowest BCUT2D eigenvalue weighted by atomic mass is 10.5. The minimum atomic E-state index is 0.309. The molecule has 1 N–H and O–H groups in total. The summed E-state index contributed by atoms with van der Waals surface area (Å²) in [6.07, 6.45) is 0.828. The molecule has 2 aromatic heterocycles. The van der Waals surface area contributed by atoms with E-state index in [0.717, 1.165) is 15.7 Å². The van der Waals surface area contributed by atoms with Gasteiger partial charge < -0.3 is 5.11 Å². The lowest BCUT2D eigenvalue weighted by Gasteiger charge is -1.74. The minimum absolute atomic E-state index is 0.309. The molecule has 11 heavy (non-hydrogen) atoms. The lowest BCUT2D eigenvalue weighted by molar-refractivity contribution is 0.112. The third-order valence-corrected chi connectivity index (χ3v) is 3.35. The summed E-state index contributed by atoms with van der Waals surface area (Å²) in [5.41, 5.74) is 0. The van der Waals surface area contributed by atoms with E-state index in [1.807, 2.05) is 0 Å². The van der Waals surface area contributed by atoms with E-state index >= 15 is 0 Å². The smallest absolute Gasteiger partial charge is 0.173 e. The second-order valence-electron chi connectivity index (χ2n) is 2.08. The Morgan fingerprint density at radius 3 is 2.64 bits per heavy atom. The standard InChI is InChI=1S/C7H4O2S2/c8-3-4-1-5-6(10-4)2-7(9)11-5/h1-3,9H. The lowest BCUT2D eigenvalue weighted by Crippen LogP contribution is -1.62. The second-order valence-corrected chi connectivity index (χ2v) is 4.26. The topological polar surface area (TPSA) is 37.3 Å². The average Bonchev–Trinajstić information content (AvgIpc) is 2.43. The summed E-state index contributed by atoms with van der Waals surface area (Å²) in [7, 11) is 0. The van der Waals surface area contributed by atoms with Crippen molar-refractivity contribution in [1.82, 2.24) is 0 Å². The first-order chi connectivity index (χ1) is 5.29. The van der Waals surface area contributed by atoms with Crippen LogP contribution in [0.5, 0.6) is 5.06 Å². The van der Waals surface area contributed by atoms with Gasteiger partial charge in [-0.2, -0.15) is 0 Å². The Morgan fingerprint density at radius 1 is 1.27 bits per heavy atom. The van der Waals surface area contributed by atoms with E-state index in [0.29, 0.717) is 9.94 Å². The van der Waals surface area contributed by atoms with Crippen molar-refractivity contribution in [2.75, 3.05) is 0 Å². The highest BCUT2D eigenvalue weighted by atomic mass is 32.1. The molecular weight excluding hydrogens is 180 g/mol. The van der Waals surface area contributed by atoms with Gasteiger partial charge >= 0.3 is 0 Å². The van der Waals surface area contributed by atoms with Gasteiger partial charge in [0.1, 0.15) is 0 Å². The number of hydrogen-bond donors (Lipinski definition) is 1. The fourth-order valence-corrected chi connectivity index (χ4v) is 2.86. The van der Waals surface area contributed by atoms with Crippen molar-refractivity contribution in [3.05, 3.63) is 17.0 Å². The number of fused-ring (bicyclic) bond motifs is 1. The molecule has 0 saturated carbocycles. The second kappa shape index (κ2) is 2.32. The monoisotopic (exact) mass is 184 g/mol. The van der Waals surface area contributed by atoms with Crippen LogP contribution in [0, 0.1) is 0 Å². The summed E-state index contributed by atoms with van der Waals surface area (Å²) in [4.78, 5) is 11.0. The summed E-state index contributed by atoms with van der Waals surface area (Å²) < 4.78 is 1.96. The van der Waals surface area contributed by atoms with Crippen LogP contribution < -0.4 is 0 Å². The van der Waals surface area contributed by atoms with Gasteiger partial charge in [0.2, 0.25) is 0 Å². The highest BCUT2D eigenvalue weighted by molar-refractivity contribution is 7.29. The highest BCUT2D eigenvalue weighted by Crippen LogP contribution is 2.35.